The van der Waals surface area contributed by atoms with Crippen LogP contribution in [0.4, 0.5) is 0 Å². The molecule has 0 fully saturated rings. The van der Waals surface area contributed by atoms with Crippen LogP contribution in [0.25, 0.3) is 0 Å². The van der Waals surface area contributed by atoms with Crippen LogP contribution in [0.3, 0.4) is 0 Å². The maximum absolute atomic E-state index is 5.69. The minimum atomic E-state index is 0.324. The number of aryl methyl sites for hydroxylation is 1. The first kappa shape index (κ1) is 15.4. The summed E-state index contributed by atoms with van der Waals surface area (Å²) < 4.78 is 10.8. The number of hydrogen-bond donors (Lipinski definition) is 1. The quantitative estimate of drug-likeness (QED) is 0.786. The standard InChI is InChI=1S/C18H23NO2/c1-14-4-6-16(7-5-14)15(2)19-12-13-21-18-10-8-17(20-3)9-11-18/h4-11,15,19H,12-13H2,1-3H3. The van der Waals surface area contributed by atoms with Crippen LogP contribution in [0.5, 0.6) is 11.5 Å². The van der Waals surface area contributed by atoms with E-state index in [9.17, 15) is 0 Å². The molecule has 0 radical (unpaired) electrons. The van der Waals surface area contributed by atoms with Crippen LogP contribution in [0.15, 0.2) is 48.5 Å². The summed E-state index contributed by atoms with van der Waals surface area (Å²) >= 11 is 0. The van der Waals surface area contributed by atoms with Crippen LogP contribution in [0.1, 0.15) is 24.1 Å². The van der Waals surface area contributed by atoms with Crippen LogP contribution in [-0.2, 0) is 0 Å². The van der Waals surface area contributed by atoms with E-state index in [1.165, 1.54) is 11.1 Å². The highest BCUT2D eigenvalue weighted by molar-refractivity contribution is 5.31. The average Bonchev–Trinajstić information content (AvgIpc) is 2.52. The Bertz CT molecular complexity index is 534. The number of methoxy groups -OCH3 is 1. The Kier molecular flexibility index (Phi) is 5.64. The molecule has 21 heavy (non-hydrogen) atoms. The summed E-state index contributed by atoms with van der Waals surface area (Å²) in [5.41, 5.74) is 2.58. The van der Waals surface area contributed by atoms with Crippen molar-refractivity contribution in [2.75, 3.05) is 20.3 Å². The van der Waals surface area contributed by atoms with Crippen molar-refractivity contribution in [1.29, 1.82) is 0 Å². The van der Waals surface area contributed by atoms with E-state index >= 15 is 0 Å². The topological polar surface area (TPSA) is 30.5 Å². The van der Waals surface area contributed by atoms with E-state index in [-0.39, 0.29) is 0 Å². The molecule has 0 heterocycles. The first-order valence-corrected chi connectivity index (χ1v) is 7.26. The average molecular weight is 285 g/mol. The summed E-state index contributed by atoms with van der Waals surface area (Å²) in [7, 11) is 1.66. The lowest BCUT2D eigenvalue weighted by atomic mass is 10.1. The van der Waals surface area contributed by atoms with Crippen molar-refractivity contribution >= 4 is 0 Å². The smallest absolute Gasteiger partial charge is 0.119 e. The number of rotatable bonds is 7. The Labute approximate surface area is 126 Å². The Hall–Kier alpha value is -2.00. The van der Waals surface area contributed by atoms with Gasteiger partial charge in [0.1, 0.15) is 18.1 Å². The molecular weight excluding hydrogens is 262 g/mol. The van der Waals surface area contributed by atoms with Gasteiger partial charge in [-0.05, 0) is 43.7 Å². The van der Waals surface area contributed by atoms with Crippen LogP contribution >= 0.6 is 0 Å². The van der Waals surface area contributed by atoms with Crippen LogP contribution in [0, 0.1) is 6.92 Å². The Morgan fingerprint density at radius 2 is 1.57 bits per heavy atom. The second kappa shape index (κ2) is 7.70. The van der Waals surface area contributed by atoms with Crippen LogP contribution < -0.4 is 14.8 Å². The molecule has 112 valence electrons. The third-order valence-electron chi connectivity index (χ3n) is 3.46. The zero-order valence-corrected chi connectivity index (χ0v) is 12.9. The largest absolute Gasteiger partial charge is 0.497 e. The fourth-order valence-corrected chi connectivity index (χ4v) is 2.09. The third-order valence-corrected chi connectivity index (χ3v) is 3.46. The Balaban J connectivity index is 1.72. The molecule has 0 aliphatic carbocycles. The van der Waals surface area contributed by atoms with Crippen molar-refractivity contribution in [3.05, 3.63) is 59.7 Å². The van der Waals surface area contributed by atoms with Gasteiger partial charge in [-0.15, -0.1) is 0 Å². The monoisotopic (exact) mass is 285 g/mol. The van der Waals surface area contributed by atoms with Crippen molar-refractivity contribution in [3.8, 4) is 11.5 Å². The van der Waals surface area contributed by atoms with Crippen LogP contribution in [-0.4, -0.2) is 20.3 Å². The summed E-state index contributed by atoms with van der Waals surface area (Å²) in [5, 5.41) is 3.46. The van der Waals surface area contributed by atoms with Gasteiger partial charge in [0, 0.05) is 12.6 Å². The molecular formula is C18H23NO2. The number of hydrogen-bond acceptors (Lipinski definition) is 3. The van der Waals surface area contributed by atoms with E-state index in [4.69, 9.17) is 9.47 Å². The summed E-state index contributed by atoms with van der Waals surface area (Å²) in [6, 6.07) is 16.6. The van der Waals surface area contributed by atoms with Gasteiger partial charge in [-0.1, -0.05) is 29.8 Å². The molecule has 0 aliphatic heterocycles. The van der Waals surface area contributed by atoms with Gasteiger partial charge < -0.3 is 14.8 Å². The van der Waals surface area contributed by atoms with Crippen molar-refractivity contribution in [3.63, 3.8) is 0 Å². The minimum absolute atomic E-state index is 0.324. The summed E-state index contributed by atoms with van der Waals surface area (Å²) in [6.45, 7) is 5.71. The van der Waals surface area contributed by atoms with E-state index in [1.54, 1.807) is 7.11 Å². The fraction of sp³-hybridized carbons (Fsp3) is 0.333. The first-order chi connectivity index (χ1) is 10.2. The molecule has 2 aromatic rings. The molecule has 0 amide bonds. The van der Waals surface area contributed by atoms with Crippen LogP contribution in [0.2, 0.25) is 0 Å². The molecule has 0 saturated heterocycles. The first-order valence-electron chi connectivity index (χ1n) is 7.26. The molecule has 0 saturated carbocycles. The van der Waals surface area contributed by atoms with E-state index in [2.05, 4.69) is 43.4 Å². The van der Waals surface area contributed by atoms with Gasteiger partial charge in [-0.2, -0.15) is 0 Å². The predicted octanol–water partition coefficient (Wildman–Crippen LogP) is 3.73. The highest BCUT2D eigenvalue weighted by Crippen LogP contribution is 2.17. The maximum Gasteiger partial charge on any atom is 0.119 e. The normalized spacial score (nSPS) is 12.0. The maximum atomic E-state index is 5.69. The number of benzene rings is 2. The SMILES string of the molecule is COc1ccc(OCCNC(C)c2ccc(C)cc2)cc1. The van der Waals surface area contributed by atoms with Gasteiger partial charge in [0.15, 0.2) is 0 Å². The van der Waals surface area contributed by atoms with Crippen molar-refractivity contribution < 1.29 is 9.47 Å². The van der Waals surface area contributed by atoms with Gasteiger partial charge in [0.05, 0.1) is 7.11 Å². The minimum Gasteiger partial charge on any atom is -0.497 e. The lowest BCUT2D eigenvalue weighted by molar-refractivity contribution is 0.307. The Morgan fingerprint density at radius 3 is 2.19 bits per heavy atom. The van der Waals surface area contributed by atoms with E-state index in [0.29, 0.717) is 12.6 Å². The van der Waals surface area contributed by atoms with Gasteiger partial charge in [-0.3, -0.25) is 0 Å². The fourth-order valence-electron chi connectivity index (χ4n) is 2.09. The second-order valence-electron chi connectivity index (χ2n) is 5.11. The van der Waals surface area contributed by atoms with Gasteiger partial charge in [0.25, 0.3) is 0 Å². The van der Waals surface area contributed by atoms with Crippen molar-refractivity contribution in [1.82, 2.24) is 5.32 Å². The molecule has 1 N–H and O–H groups in total. The zero-order valence-electron chi connectivity index (χ0n) is 12.9. The zero-order chi connectivity index (χ0) is 15.1. The molecule has 1 unspecified atom stereocenters. The lowest BCUT2D eigenvalue weighted by Gasteiger charge is -2.15. The van der Waals surface area contributed by atoms with Gasteiger partial charge in [0.2, 0.25) is 0 Å². The molecule has 3 nitrogen and oxygen atoms in total. The summed E-state index contributed by atoms with van der Waals surface area (Å²) in [5.74, 6) is 1.70. The lowest BCUT2D eigenvalue weighted by Crippen LogP contribution is -2.24. The predicted molar refractivity (Wildman–Crippen MR) is 86.1 cm³/mol. The van der Waals surface area contributed by atoms with E-state index in [0.717, 1.165) is 18.0 Å². The second-order valence-corrected chi connectivity index (χ2v) is 5.11. The number of nitrogens with one attached hydrogen (secondary N) is 1. The molecule has 3 heteroatoms. The molecule has 2 rings (SSSR count). The summed E-state index contributed by atoms with van der Waals surface area (Å²) in [6.07, 6.45) is 0. The van der Waals surface area contributed by atoms with Gasteiger partial charge >= 0.3 is 0 Å². The molecule has 1 atom stereocenters. The molecule has 0 bridgehead atoms. The molecule has 0 spiro atoms. The summed E-state index contributed by atoms with van der Waals surface area (Å²) in [4.78, 5) is 0. The van der Waals surface area contributed by atoms with Crippen molar-refractivity contribution in [2.24, 2.45) is 0 Å². The molecule has 0 aromatic heterocycles. The van der Waals surface area contributed by atoms with Crippen molar-refractivity contribution in [2.45, 2.75) is 19.9 Å². The molecule has 2 aromatic carbocycles. The Morgan fingerprint density at radius 1 is 0.952 bits per heavy atom. The highest BCUT2D eigenvalue weighted by Gasteiger charge is 2.03. The van der Waals surface area contributed by atoms with E-state index < -0.39 is 0 Å². The third kappa shape index (κ3) is 4.80. The highest BCUT2D eigenvalue weighted by atomic mass is 16.5. The number of ether oxygens (including phenoxy) is 2. The van der Waals surface area contributed by atoms with Gasteiger partial charge in [-0.25, -0.2) is 0 Å². The van der Waals surface area contributed by atoms with E-state index in [1.807, 2.05) is 24.3 Å². The molecule has 0 aliphatic rings.